The molecule has 2 N–H and O–H groups in total. The minimum Gasteiger partial charge on any atom is -0.319 e. The average Bonchev–Trinajstić information content (AvgIpc) is 2.88. The summed E-state index contributed by atoms with van der Waals surface area (Å²) >= 11 is 7.06. The van der Waals surface area contributed by atoms with Crippen molar-refractivity contribution in [1.29, 1.82) is 0 Å². The molecule has 0 saturated carbocycles. The first-order valence-electron chi connectivity index (χ1n) is 6.03. The first kappa shape index (κ1) is 15.3. The van der Waals surface area contributed by atoms with Gasteiger partial charge in [0.25, 0.3) is 10.0 Å². The Morgan fingerprint density at radius 3 is 2.50 bits per heavy atom. The van der Waals surface area contributed by atoms with Crippen LogP contribution < -0.4 is 10.0 Å². The van der Waals surface area contributed by atoms with Gasteiger partial charge in [-0.2, -0.15) is 0 Å². The molecule has 0 aliphatic carbocycles. The third-order valence-electron chi connectivity index (χ3n) is 2.62. The molecule has 0 amide bonds. The van der Waals surface area contributed by atoms with E-state index < -0.39 is 10.0 Å². The van der Waals surface area contributed by atoms with Crippen LogP contribution in [0.1, 0.15) is 4.88 Å². The maximum Gasteiger partial charge on any atom is 0.271 e. The van der Waals surface area contributed by atoms with Gasteiger partial charge in [0, 0.05) is 15.6 Å². The van der Waals surface area contributed by atoms with Crippen molar-refractivity contribution >= 4 is 38.6 Å². The number of hydrogen-bond donors (Lipinski definition) is 2. The highest BCUT2D eigenvalue weighted by molar-refractivity contribution is 7.94. The molecule has 0 saturated heterocycles. The van der Waals surface area contributed by atoms with Crippen molar-refractivity contribution in [1.82, 2.24) is 5.32 Å². The van der Waals surface area contributed by atoms with Crippen LogP contribution in [-0.4, -0.2) is 22.0 Å². The lowest BCUT2D eigenvalue weighted by atomic mass is 10.3. The van der Waals surface area contributed by atoms with E-state index in [4.69, 9.17) is 11.6 Å². The van der Waals surface area contributed by atoms with Crippen molar-refractivity contribution in [3.63, 3.8) is 0 Å². The summed E-state index contributed by atoms with van der Waals surface area (Å²) in [7, 11) is -1.66. The maximum atomic E-state index is 12.2. The summed E-state index contributed by atoms with van der Waals surface area (Å²) < 4.78 is 27.3. The number of hydrogen-bond acceptors (Lipinski definition) is 4. The molecule has 4 nitrogen and oxygen atoms in total. The zero-order valence-corrected chi connectivity index (χ0v) is 13.3. The number of anilines is 1. The van der Waals surface area contributed by atoms with Gasteiger partial charge in [-0.25, -0.2) is 8.42 Å². The second kappa shape index (κ2) is 6.58. The lowest BCUT2D eigenvalue weighted by Crippen LogP contribution is -2.11. The topological polar surface area (TPSA) is 58.2 Å². The fourth-order valence-electron chi connectivity index (χ4n) is 1.61. The van der Waals surface area contributed by atoms with E-state index in [0.717, 1.165) is 17.8 Å². The summed E-state index contributed by atoms with van der Waals surface area (Å²) in [6, 6.07) is 10.0. The standard InChI is InChI=1S/C13H15ClN2O2S2/c1-15-9-8-12-6-7-13(19-12)20(17,18)16-11-4-2-10(14)3-5-11/h2-7,15-16H,8-9H2,1H3. The highest BCUT2D eigenvalue weighted by Crippen LogP contribution is 2.24. The number of halogens is 1. The molecule has 1 heterocycles. The van der Waals surface area contributed by atoms with Crippen LogP contribution in [0.25, 0.3) is 0 Å². The van der Waals surface area contributed by atoms with E-state index >= 15 is 0 Å². The molecule has 1 aromatic carbocycles. The Morgan fingerprint density at radius 2 is 1.85 bits per heavy atom. The summed E-state index contributed by atoms with van der Waals surface area (Å²) in [4.78, 5) is 1.04. The average molecular weight is 331 g/mol. The number of likely N-dealkylation sites (N-methyl/N-ethyl adjacent to an activating group) is 1. The number of benzene rings is 1. The third-order valence-corrected chi connectivity index (χ3v) is 5.89. The summed E-state index contributed by atoms with van der Waals surface area (Å²) in [5, 5.41) is 3.61. The second-order valence-electron chi connectivity index (χ2n) is 4.19. The van der Waals surface area contributed by atoms with E-state index in [2.05, 4.69) is 10.0 Å². The van der Waals surface area contributed by atoms with Crippen LogP contribution in [0.2, 0.25) is 5.02 Å². The van der Waals surface area contributed by atoms with Gasteiger partial charge >= 0.3 is 0 Å². The van der Waals surface area contributed by atoms with Gasteiger partial charge in [0.15, 0.2) is 0 Å². The molecule has 0 radical (unpaired) electrons. The zero-order chi connectivity index (χ0) is 14.6. The molecule has 0 atom stereocenters. The summed E-state index contributed by atoms with van der Waals surface area (Å²) in [6.07, 6.45) is 0.817. The molecule has 2 aromatic rings. The smallest absolute Gasteiger partial charge is 0.271 e. The molecular weight excluding hydrogens is 316 g/mol. The van der Waals surface area contributed by atoms with Crippen LogP contribution in [0, 0.1) is 0 Å². The normalized spacial score (nSPS) is 11.5. The molecule has 0 spiro atoms. The van der Waals surface area contributed by atoms with Gasteiger partial charge in [-0.05, 0) is 56.4 Å². The molecule has 108 valence electrons. The Labute approximate surface area is 127 Å². The molecule has 1 aromatic heterocycles. The second-order valence-corrected chi connectivity index (χ2v) is 7.70. The van der Waals surface area contributed by atoms with Crippen molar-refractivity contribution in [3.8, 4) is 0 Å². The Bertz CT molecular complexity index is 666. The number of thiophene rings is 1. The summed E-state index contributed by atoms with van der Waals surface area (Å²) in [5.74, 6) is 0. The van der Waals surface area contributed by atoms with Gasteiger partial charge < -0.3 is 5.32 Å². The van der Waals surface area contributed by atoms with Crippen LogP contribution in [0.3, 0.4) is 0 Å². The van der Waals surface area contributed by atoms with Crippen LogP contribution in [-0.2, 0) is 16.4 Å². The van der Waals surface area contributed by atoms with Crippen molar-refractivity contribution in [2.75, 3.05) is 18.3 Å². The minimum absolute atomic E-state index is 0.318. The van der Waals surface area contributed by atoms with Crippen molar-refractivity contribution in [2.45, 2.75) is 10.6 Å². The SMILES string of the molecule is CNCCc1ccc(S(=O)(=O)Nc2ccc(Cl)cc2)s1. The largest absolute Gasteiger partial charge is 0.319 e. The first-order valence-corrected chi connectivity index (χ1v) is 8.71. The molecule has 0 fully saturated rings. The molecule has 20 heavy (non-hydrogen) atoms. The molecule has 0 aliphatic heterocycles. The van der Waals surface area contributed by atoms with Gasteiger partial charge in [-0.3, -0.25) is 4.72 Å². The van der Waals surface area contributed by atoms with Gasteiger partial charge in [0.2, 0.25) is 0 Å². The van der Waals surface area contributed by atoms with Crippen molar-refractivity contribution < 1.29 is 8.42 Å². The molecular formula is C13H15ClN2O2S2. The quantitative estimate of drug-likeness (QED) is 0.856. The van der Waals surface area contributed by atoms with E-state index in [0.29, 0.717) is 14.9 Å². The molecule has 0 aliphatic rings. The molecule has 0 bridgehead atoms. The zero-order valence-electron chi connectivity index (χ0n) is 10.9. The molecule has 2 rings (SSSR count). The van der Waals surface area contributed by atoms with E-state index in [1.807, 2.05) is 13.1 Å². The third kappa shape index (κ3) is 3.96. The van der Waals surface area contributed by atoms with E-state index in [9.17, 15) is 8.42 Å². The molecule has 0 unspecified atom stereocenters. The van der Waals surface area contributed by atoms with E-state index in [-0.39, 0.29) is 0 Å². The number of sulfonamides is 1. The van der Waals surface area contributed by atoms with Crippen LogP contribution in [0.15, 0.2) is 40.6 Å². The number of nitrogens with one attached hydrogen (secondary N) is 2. The van der Waals surface area contributed by atoms with E-state index in [1.54, 1.807) is 30.3 Å². The minimum atomic E-state index is -3.53. The van der Waals surface area contributed by atoms with Crippen LogP contribution in [0.4, 0.5) is 5.69 Å². The predicted molar refractivity (Wildman–Crippen MR) is 84.2 cm³/mol. The fourth-order valence-corrected chi connectivity index (χ4v) is 4.15. The highest BCUT2D eigenvalue weighted by Gasteiger charge is 2.16. The molecule has 7 heteroatoms. The van der Waals surface area contributed by atoms with Crippen LogP contribution in [0.5, 0.6) is 0 Å². The van der Waals surface area contributed by atoms with Gasteiger partial charge in [-0.15, -0.1) is 11.3 Å². The van der Waals surface area contributed by atoms with Gasteiger partial charge in [0.05, 0.1) is 0 Å². The Kier molecular flexibility index (Phi) is 5.04. The lowest BCUT2D eigenvalue weighted by Gasteiger charge is -2.05. The maximum absolute atomic E-state index is 12.2. The first-order chi connectivity index (χ1) is 9.51. The van der Waals surface area contributed by atoms with Crippen molar-refractivity contribution in [3.05, 3.63) is 46.3 Å². The van der Waals surface area contributed by atoms with Crippen LogP contribution >= 0.6 is 22.9 Å². The van der Waals surface area contributed by atoms with Gasteiger partial charge in [0.1, 0.15) is 4.21 Å². The van der Waals surface area contributed by atoms with E-state index in [1.165, 1.54) is 11.3 Å². The number of rotatable bonds is 6. The lowest BCUT2D eigenvalue weighted by molar-refractivity contribution is 0.603. The van der Waals surface area contributed by atoms with Gasteiger partial charge in [-0.1, -0.05) is 11.6 Å². The highest BCUT2D eigenvalue weighted by atomic mass is 35.5. The fraction of sp³-hybridized carbons (Fsp3) is 0.231. The predicted octanol–water partition coefficient (Wildman–Crippen LogP) is 2.96. The summed E-state index contributed by atoms with van der Waals surface area (Å²) in [5.41, 5.74) is 0.500. The monoisotopic (exact) mass is 330 g/mol. The summed E-state index contributed by atoms with van der Waals surface area (Å²) in [6.45, 7) is 0.824. The Hall–Kier alpha value is -1.08. The van der Waals surface area contributed by atoms with Crippen molar-refractivity contribution in [2.24, 2.45) is 0 Å². The Morgan fingerprint density at radius 1 is 1.15 bits per heavy atom. The Balaban J connectivity index is 2.13.